The van der Waals surface area contributed by atoms with Crippen molar-refractivity contribution in [2.75, 3.05) is 6.54 Å². The minimum Gasteiger partial charge on any atom is -0.329 e. The van der Waals surface area contributed by atoms with E-state index in [4.69, 9.17) is 23.2 Å². The first-order chi connectivity index (χ1) is 12.1. The van der Waals surface area contributed by atoms with E-state index in [1.807, 2.05) is 9.95 Å². The van der Waals surface area contributed by atoms with Crippen LogP contribution in [0.3, 0.4) is 0 Å². The highest BCUT2D eigenvalue weighted by Crippen LogP contribution is 2.28. The molecular formula is C15H10Cl2FN5OS. The number of benzene rings is 1. The summed E-state index contributed by atoms with van der Waals surface area (Å²) in [7, 11) is 0. The Balaban J connectivity index is 1.61. The van der Waals surface area contributed by atoms with Gasteiger partial charge in [0.2, 0.25) is 0 Å². The normalized spacial score (nSPS) is 13.8. The predicted molar refractivity (Wildman–Crippen MR) is 92.3 cm³/mol. The van der Waals surface area contributed by atoms with Crippen molar-refractivity contribution >= 4 is 40.4 Å². The average molecular weight is 398 g/mol. The smallest absolute Gasteiger partial charge is 0.255 e. The van der Waals surface area contributed by atoms with E-state index in [9.17, 15) is 9.18 Å². The number of carbonyl (C=O) groups excluding carboxylic acids is 1. The minimum absolute atomic E-state index is 0.0799. The van der Waals surface area contributed by atoms with Crippen LogP contribution < -0.4 is 0 Å². The Labute approximate surface area is 155 Å². The van der Waals surface area contributed by atoms with Crippen LogP contribution in [-0.4, -0.2) is 37.1 Å². The summed E-state index contributed by atoms with van der Waals surface area (Å²) in [5.41, 5.74) is 2.56. The van der Waals surface area contributed by atoms with Crippen LogP contribution in [0.15, 0.2) is 23.0 Å². The number of amides is 1. The second-order valence-corrected chi connectivity index (χ2v) is 6.92. The number of halogens is 3. The lowest BCUT2D eigenvalue weighted by Crippen LogP contribution is -2.38. The van der Waals surface area contributed by atoms with Crippen LogP contribution >= 0.6 is 34.5 Å². The molecule has 128 valence electrons. The van der Waals surface area contributed by atoms with Crippen LogP contribution in [0.5, 0.6) is 0 Å². The van der Waals surface area contributed by atoms with Crippen molar-refractivity contribution in [2.24, 2.45) is 0 Å². The summed E-state index contributed by atoms with van der Waals surface area (Å²) in [4.78, 5) is 18.5. The molecule has 0 bridgehead atoms. The van der Waals surface area contributed by atoms with Crippen molar-refractivity contribution < 1.29 is 9.18 Å². The Morgan fingerprint density at radius 2 is 2.08 bits per heavy atom. The SMILES string of the molecule is O=C(c1ccc(Cl)c(F)c1Cl)N1CCn2c(nnc2-c2cscn2)C1. The zero-order valence-electron chi connectivity index (χ0n) is 12.6. The summed E-state index contributed by atoms with van der Waals surface area (Å²) in [6.07, 6.45) is 0. The van der Waals surface area contributed by atoms with Gasteiger partial charge in [0.1, 0.15) is 5.69 Å². The molecule has 3 aromatic rings. The molecule has 4 rings (SSSR count). The molecule has 0 spiro atoms. The monoisotopic (exact) mass is 397 g/mol. The number of carbonyl (C=O) groups is 1. The minimum atomic E-state index is -0.792. The largest absolute Gasteiger partial charge is 0.329 e. The van der Waals surface area contributed by atoms with E-state index in [0.29, 0.717) is 24.7 Å². The second kappa shape index (κ2) is 6.36. The van der Waals surface area contributed by atoms with E-state index in [1.165, 1.54) is 23.5 Å². The lowest BCUT2D eigenvalue weighted by molar-refractivity contribution is 0.0707. The van der Waals surface area contributed by atoms with Gasteiger partial charge in [0, 0.05) is 18.5 Å². The number of hydrogen-bond acceptors (Lipinski definition) is 5. The van der Waals surface area contributed by atoms with E-state index in [1.54, 1.807) is 10.4 Å². The molecule has 0 saturated heterocycles. The highest BCUT2D eigenvalue weighted by molar-refractivity contribution is 7.07. The topological polar surface area (TPSA) is 63.9 Å². The molecule has 0 N–H and O–H groups in total. The van der Waals surface area contributed by atoms with Crippen molar-refractivity contribution in [2.45, 2.75) is 13.1 Å². The summed E-state index contributed by atoms with van der Waals surface area (Å²) in [5.74, 6) is 0.164. The number of nitrogens with zero attached hydrogens (tertiary/aromatic N) is 5. The summed E-state index contributed by atoms with van der Waals surface area (Å²) in [6, 6.07) is 2.75. The van der Waals surface area contributed by atoms with Gasteiger partial charge in [-0.3, -0.25) is 4.79 Å². The highest BCUT2D eigenvalue weighted by atomic mass is 35.5. The van der Waals surface area contributed by atoms with Crippen LogP contribution in [0.2, 0.25) is 10.0 Å². The maximum atomic E-state index is 13.9. The van der Waals surface area contributed by atoms with Gasteiger partial charge in [-0.1, -0.05) is 23.2 Å². The number of rotatable bonds is 2. The van der Waals surface area contributed by atoms with Crippen molar-refractivity contribution in [1.82, 2.24) is 24.6 Å². The molecule has 3 heterocycles. The van der Waals surface area contributed by atoms with E-state index in [0.717, 1.165) is 5.69 Å². The molecule has 2 aromatic heterocycles. The second-order valence-electron chi connectivity index (χ2n) is 5.41. The molecular weight excluding hydrogens is 388 g/mol. The van der Waals surface area contributed by atoms with Gasteiger partial charge in [0.05, 0.1) is 27.7 Å². The first-order valence-corrected chi connectivity index (χ1v) is 8.99. The molecule has 0 atom stereocenters. The zero-order chi connectivity index (χ0) is 17.6. The summed E-state index contributed by atoms with van der Waals surface area (Å²) < 4.78 is 15.8. The van der Waals surface area contributed by atoms with E-state index in [2.05, 4.69) is 15.2 Å². The molecule has 0 fully saturated rings. The molecule has 1 aromatic carbocycles. The number of fused-ring (bicyclic) bond motifs is 1. The maximum absolute atomic E-state index is 13.9. The van der Waals surface area contributed by atoms with E-state index < -0.39 is 5.82 Å². The van der Waals surface area contributed by atoms with Gasteiger partial charge in [-0.25, -0.2) is 9.37 Å². The third-order valence-electron chi connectivity index (χ3n) is 3.97. The maximum Gasteiger partial charge on any atom is 0.255 e. The highest BCUT2D eigenvalue weighted by Gasteiger charge is 2.28. The Morgan fingerprint density at radius 1 is 1.24 bits per heavy atom. The molecule has 10 heteroatoms. The lowest BCUT2D eigenvalue weighted by Gasteiger charge is -2.28. The van der Waals surface area contributed by atoms with E-state index >= 15 is 0 Å². The molecule has 0 radical (unpaired) electrons. The molecule has 0 saturated carbocycles. The molecule has 25 heavy (non-hydrogen) atoms. The van der Waals surface area contributed by atoms with Gasteiger partial charge in [-0.15, -0.1) is 21.5 Å². The Bertz CT molecular complexity index is 959. The van der Waals surface area contributed by atoms with Crippen LogP contribution in [0.1, 0.15) is 16.2 Å². The van der Waals surface area contributed by atoms with Gasteiger partial charge in [0.25, 0.3) is 5.91 Å². The Morgan fingerprint density at radius 3 is 2.84 bits per heavy atom. The van der Waals surface area contributed by atoms with E-state index in [-0.39, 0.29) is 28.1 Å². The fourth-order valence-electron chi connectivity index (χ4n) is 2.70. The van der Waals surface area contributed by atoms with Gasteiger partial charge in [0.15, 0.2) is 17.5 Å². The van der Waals surface area contributed by atoms with Gasteiger partial charge in [-0.05, 0) is 12.1 Å². The third kappa shape index (κ3) is 2.80. The van der Waals surface area contributed by atoms with Crippen molar-refractivity contribution in [3.8, 4) is 11.5 Å². The molecule has 0 unspecified atom stereocenters. The summed E-state index contributed by atoms with van der Waals surface area (Å²) in [6.45, 7) is 1.22. The number of thiazole rings is 1. The van der Waals surface area contributed by atoms with Crippen LogP contribution in [0, 0.1) is 5.82 Å². The lowest BCUT2D eigenvalue weighted by atomic mass is 10.1. The molecule has 1 amide bonds. The van der Waals surface area contributed by atoms with Gasteiger partial charge < -0.3 is 9.47 Å². The van der Waals surface area contributed by atoms with Gasteiger partial charge >= 0.3 is 0 Å². The Hall–Kier alpha value is -2.03. The zero-order valence-corrected chi connectivity index (χ0v) is 14.9. The molecule has 6 nitrogen and oxygen atoms in total. The quantitative estimate of drug-likeness (QED) is 0.620. The van der Waals surface area contributed by atoms with Crippen molar-refractivity contribution in [3.05, 3.63) is 50.3 Å². The van der Waals surface area contributed by atoms with Crippen LogP contribution in [0.25, 0.3) is 11.5 Å². The fourth-order valence-corrected chi connectivity index (χ4v) is 3.69. The third-order valence-corrected chi connectivity index (χ3v) is 5.22. The first-order valence-electron chi connectivity index (χ1n) is 7.29. The standard InChI is InChI=1S/C15H10Cl2FN5OS/c16-9-2-1-8(12(17)13(9)18)15(24)22-3-4-23-11(5-22)20-21-14(23)10-6-25-7-19-10/h1-2,6-7H,3-5H2. The average Bonchev–Trinajstić information content (AvgIpc) is 3.27. The number of aromatic nitrogens is 4. The van der Waals surface area contributed by atoms with Crippen LogP contribution in [0.4, 0.5) is 4.39 Å². The summed E-state index contributed by atoms with van der Waals surface area (Å²) in [5, 5.41) is 9.82. The molecule has 1 aliphatic rings. The van der Waals surface area contributed by atoms with Crippen LogP contribution in [-0.2, 0) is 13.1 Å². The Kier molecular flexibility index (Phi) is 4.18. The van der Waals surface area contributed by atoms with Crippen molar-refractivity contribution in [3.63, 3.8) is 0 Å². The summed E-state index contributed by atoms with van der Waals surface area (Å²) >= 11 is 13.1. The predicted octanol–water partition coefficient (Wildman–Crippen LogP) is 3.50. The van der Waals surface area contributed by atoms with Gasteiger partial charge in [-0.2, -0.15) is 0 Å². The molecule has 0 aliphatic carbocycles. The van der Waals surface area contributed by atoms with Crippen molar-refractivity contribution in [1.29, 1.82) is 0 Å². The number of hydrogen-bond donors (Lipinski definition) is 0. The molecule has 1 aliphatic heterocycles. The first kappa shape index (κ1) is 16.4. The fraction of sp³-hybridized carbons (Fsp3) is 0.200.